The highest BCUT2D eigenvalue weighted by molar-refractivity contribution is 8.00. The lowest BCUT2D eigenvalue weighted by Gasteiger charge is -2.12. The van der Waals surface area contributed by atoms with Gasteiger partial charge in [0.05, 0.1) is 5.25 Å². The van der Waals surface area contributed by atoms with Gasteiger partial charge in [0.25, 0.3) is 0 Å². The highest BCUT2D eigenvalue weighted by Gasteiger charge is 2.31. The number of hydrogen-bond donors (Lipinski definition) is 2. The largest absolute Gasteiger partial charge is 0.370 e. The number of amides is 1. The molecule has 1 aromatic carbocycles. The van der Waals surface area contributed by atoms with E-state index in [0.29, 0.717) is 18.0 Å². The van der Waals surface area contributed by atoms with Crippen LogP contribution in [-0.2, 0) is 11.2 Å². The van der Waals surface area contributed by atoms with Gasteiger partial charge in [-0.15, -0.1) is 10.2 Å². The number of ketones is 1. The van der Waals surface area contributed by atoms with Crippen LogP contribution >= 0.6 is 11.8 Å². The first-order chi connectivity index (χ1) is 13.0. The second-order valence-corrected chi connectivity index (χ2v) is 8.15. The minimum absolute atomic E-state index is 0.0569. The van der Waals surface area contributed by atoms with E-state index >= 15 is 0 Å². The molecule has 1 aliphatic rings. The Kier molecular flexibility index (Phi) is 4.73. The zero-order chi connectivity index (χ0) is 19.0. The Morgan fingerprint density at radius 3 is 2.85 bits per heavy atom. The highest BCUT2D eigenvalue weighted by atomic mass is 32.2. The van der Waals surface area contributed by atoms with E-state index in [1.54, 1.807) is 6.20 Å². The minimum atomic E-state index is -0.350. The molecule has 140 valence electrons. The summed E-state index contributed by atoms with van der Waals surface area (Å²) in [7, 11) is 0. The zero-order valence-electron chi connectivity index (χ0n) is 15.0. The molecule has 1 aliphatic carbocycles. The molecule has 3 N–H and O–H groups in total. The normalized spacial score (nSPS) is 15.1. The molecule has 8 heteroatoms. The molecule has 0 radical (unpaired) electrons. The third-order valence-corrected chi connectivity index (χ3v) is 5.81. The minimum Gasteiger partial charge on any atom is -0.370 e. The number of Topliss-reactive ketones (excluding diaryl/α,β-unsaturated/α-hetero) is 1. The summed E-state index contributed by atoms with van der Waals surface area (Å²) in [5, 5.41) is 9.90. The van der Waals surface area contributed by atoms with E-state index < -0.39 is 0 Å². The average molecular weight is 383 g/mol. The molecule has 2 heterocycles. The SMILES string of the molecule is C[C@H](Sc1nnc(CCC(N)=O)n1C1CC1)C(=O)c1c[nH]c2ccccc12. The van der Waals surface area contributed by atoms with E-state index in [1.165, 1.54) is 11.8 Å². The van der Waals surface area contributed by atoms with Crippen molar-refractivity contribution in [1.82, 2.24) is 19.7 Å². The Balaban J connectivity index is 1.55. The van der Waals surface area contributed by atoms with Gasteiger partial charge in [0.15, 0.2) is 10.9 Å². The number of aromatic amines is 1. The number of nitrogens with one attached hydrogen (secondary N) is 1. The topological polar surface area (TPSA) is 107 Å². The van der Waals surface area contributed by atoms with Gasteiger partial charge in [-0.2, -0.15) is 0 Å². The molecule has 1 amide bonds. The monoisotopic (exact) mass is 383 g/mol. The van der Waals surface area contributed by atoms with Gasteiger partial charge >= 0.3 is 0 Å². The van der Waals surface area contributed by atoms with E-state index in [9.17, 15) is 9.59 Å². The number of fused-ring (bicyclic) bond motifs is 1. The van der Waals surface area contributed by atoms with Crippen molar-refractivity contribution in [3.05, 3.63) is 41.9 Å². The van der Waals surface area contributed by atoms with Crippen molar-refractivity contribution in [2.24, 2.45) is 5.73 Å². The van der Waals surface area contributed by atoms with Crippen LogP contribution in [0.4, 0.5) is 0 Å². The molecule has 0 unspecified atom stereocenters. The number of thioether (sulfide) groups is 1. The van der Waals surface area contributed by atoms with Crippen LogP contribution in [-0.4, -0.2) is 36.7 Å². The van der Waals surface area contributed by atoms with Gasteiger partial charge in [0, 0.05) is 41.5 Å². The fourth-order valence-corrected chi connectivity index (χ4v) is 4.20. The molecule has 7 nitrogen and oxygen atoms in total. The maximum atomic E-state index is 13.0. The third-order valence-electron chi connectivity index (χ3n) is 4.75. The van der Waals surface area contributed by atoms with Gasteiger partial charge in [-0.1, -0.05) is 30.0 Å². The summed E-state index contributed by atoms with van der Waals surface area (Å²) in [6.07, 6.45) is 4.64. The van der Waals surface area contributed by atoms with Crippen molar-refractivity contribution in [1.29, 1.82) is 0 Å². The van der Waals surface area contributed by atoms with Crippen LogP contribution in [0.2, 0.25) is 0 Å². The van der Waals surface area contributed by atoms with Crippen molar-refractivity contribution in [3.8, 4) is 0 Å². The summed E-state index contributed by atoms with van der Waals surface area (Å²) in [4.78, 5) is 27.2. The number of benzene rings is 1. The van der Waals surface area contributed by atoms with Gasteiger partial charge in [-0.05, 0) is 25.8 Å². The molecule has 27 heavy (non-hydrogen) atoms. The van der Waals surface area contributed by atoms with E-state index in [4.69, 9.17) is 5.73 Å². The Morgan fingerprint density at radius 1 is 1.33 bits per heavy atom. The van der Waals surface area contributed by atoms with Crippen molar-refractivity contribution in [2.45, 2.75) is 49.1 Å². The summed E-state index contributed by atoms with van der Waals surface area (Å²) in [5.41, 5.74) is 6.90. The van der Waals surface area contributed by atoms with E-state index in [-0.39, 0.29) is 23.4 Å². The van der Waals surface area contributed by atoms with Gasteiger partial charge in [-0.25, -0.2) is 0 Å². The number of hydrogen-bond acceptors (Lipinski definition) is 5. The number of aromatic nitrogens is 4. The molecule has 0 bridgehead atoms. The molecule has 1 atom stereocenters. The van der Waals surface area contributed by atoms with E-state index in [1.807, 2.05) is 31.2 Å². The second-order valence-electron chi connectivity index (χ2n) is 6.84. The van der Waals surface area contributed by atoms with Crippen LogP contribution in [0.15, 0.2) is 35.6 Å². The number of nitrogens with zero attached hydrogens (tertiary/aromatic N) is 3. The number of carbonyl (C=O) groups excluding carboxylic acids is 2. The smallest absolute Gasteiger partial charge is 0.217 e. The third kappa shape index (κ3) is 3.62. The predicted octanol–water partition coefficient (Wildman–Crippen LogP) is 2.88. The summed E-state index contributed by atoms with van der Waals surface area (Å²) in [6, 6.07) is 8.14. The lowest BCUT2D eigenvalue weighted by Crippen LogP contribution is -2.15. The second kappa shape index (κ2) is 7.19. The fraction of sp³-hybridized carbons (Fsp3) is 0.368. The molecule has 2 aromatic heterocycles. The number of primary amides is 1. The number of H-pyrrole nitrogens is 1. The highest BCUT2D eigenvalue weighted by Crippen LogP contribution is 2.40. The number of nitrogens with two attached hydrogens (primary N) is 1. The average Bonchev–Trinajstić information content (AvgIpc) is 3.27. The molecule has 0 aliphatic heterocycles. The molecule has 4 rings (SSSR count). The van der Waals surface area contributed by atoms with Gasteiger partial charge < -0.3 is 15.3 Å². The van der Waals surface area contributed by atoms with Gasteiger partial charge in [0.2, 0.25) is 5.91 Å². The van der Waals surface area contributed by atoms with Crippen molar-refractivity contribution in [3.63, 3.8) is 0 Å². The number of aryl methyl sites for hydroxylation is 1. The zero-order valence-corrected chi connectivity index (χ0v) is 15.8. The summed E-state index contributed by atoms with van der Waals surface area (Å²) in [5.74, 6) is 0.476. The molecule has 0 spiro atoms. The van der Waals surface area contributed by atoms with Gasteiger partial charge in [-0.3, -0.25) is 9.59 Å². The molecule has 1 saturated carbocycles. The lowest BCUT2D eigenvalue weighted by molar-refractivity contribution is -0.118. The quantitative estimate of drug-likeness (QED) is 0.459. The summed E-state index contributed by atoms with van der Waals surface area (Å²) >= 11 is 1.42. The summed E-state index contributed by atoms with van der Waals surface area (Å²) in [6.45, 7) is 1.89. The standard InChI is InChI=1S/C19H21N5O2S/c1-11(18(26)14-10-21-15-5-3-2-4-13(14)15)27-19-23-22-17(9-8-16(20)25)24(19)12-6-7-12/h2-5,10-12,21H,6-9H2,1H3,(H2,20,25)/t11-/m0/s1. The molecule has 1 fully saturated rings. The maximum Gasteiger partial charge on any atom is 0.217 e. The lowest BCUT2D eigenvalue weighted by atomic mass is 10.1. The predicted molar refractivity (Wildman–Crippen MR) is 104 cm³/mol. The Bertz CT molecular complexity index is 1000. The Labute approximate surface area is 160 Å². The van der Waals surface area contributed by atoms with Crippen LogP contribution in [0.5, 0.6) is 0 Å². The van der Waals surface area contributed by atoms with Crippen molar-refractivity contribution < 1.29 is 9.59 Å². The summed E-state index contributed by atoms with van der Waals surface area (Å²) < 4.78 is 2.08. The molecule has 3 aromatic rings. The van der Waals surface area contributed by atoms with Crippen LogP contribution < -0.4 is 5.73 Å². The van der Waals surface area contributed by atoms with Crippen molar-refractivity contribution in [2.75, 3.05) is 0 Å². The number of rotatable bonds is 8. The van der Waals surface area contributed by atoms with E-state index in [0.717, 1.165) is 34.7 Å². The Morgan fingerprint density at radius 2 is 2.11 bits per heavy atom. The fourth-order valence-electron chi connectivity index (χ4n) is 3.20. The van der Waals surface area contributed by atoms with Gasteiger partial charge in [0.1, 0.15) is 5.82 Å². The first-order valence-corrected chi connectivity index (χ1v) is 9.91. The maximum absolute atomic E-state index is 13.0. The van der Waals surface area contributed by atoms with Crippen LogP contribution in [0.1, 0.15) is 48.4 Å². The van der Waals surface area contributed by atoms with Crippen LogP contribution in [0.25, 0.3) is 10.9 Å². The van der Waals surface area contributed by atoms with E-state index in [2.05, 4.69) is 19.7 Å². The first kappa shape index (κ1) is 17.8. The number of carbonyl (C=O) groups is 2. The molecule has 0 saturated heterocycles. The Hall–Kier alpha value is -2.61. The van der Waals surface area contributed by atoms with Crippen LogP contribution in [0.3, 0.4) is 0 Å². The molecular weight excluding hydrogens is 362 g/mol. The first-order valence-electron chi connectivity index (χ1n) is 9.03. The number of para-hydroxylation sites is 1. The molecular formula is C19H21N5O2S. The van der Waals surface area contributed by atoms with Crippen LogP contribution in [0, 0.1) is 0 Å². The van der Waals surface area contributed by atoms with Crippen molar-refractivity contribution >= 4 is 34.4 Å².